The molecule has 1 heteroatoms. The number of hydrogen-bond acceptors (Lipinski definition) is 0. The smallest absolute Gasteiger partial charge is 0.0254 e. The van der Waals surface area contributed by atoms with Crippen molar-refractivity contribution in [3.63, 3.8) is 0 Å². The van der Waals surface area contributed by atoms with E-state index < -0.39 is 0 Å². The van der Waals surface area contributed by atoms with E-state index >= 15 is 0 Å². The van der Waals surface area contributed by atoms with Gasteiger partial charge < -0.3 is 0 Å². The summed E-state index contributed by atoms with van der Waals surface area (Å²) in [6.45, 7) is 0. The first kappa shape index (κ1) is 35.5. The zero-order valence-electron chi connectivity index (χ0n) is 30.4. The molecule has 0 fully saturated rings. The fourth-order valence-corrected chi connectivity index (χ4v) is 7.42. The van der Waals surface area contributed by atoms with Crippen LogP contribution < -0.4 is 0 Å². The van der Waals surface area contributed by atoms with Crippen molar-refractivity contribution >= 4 is 74.3 Å². The Morgan fingerprint density at radius 3 is 1.07 bits per heavy atom. The summed E-state index contributed by atoms with van der Waals surface area (Å²) in [6, 6.07) is 70.8. The van der Waals surface area contributed by atoms with E-state index in [1.54, 1.807) is 0 Å². The van der Waals surface area contributed by atoms with E-state index in [1.807, 2.05) is 0 Å². The molecule has 0 atom stereocenters. The van der Waals surface area contributed by atoms with Crippen LogP contribution in [-0.4, -0.2) is 0 Å². The number of fused-ring (bicyclic) bond motifs is 1. The quantitative estimate of drug-likeness (QED) is 0.122. The van der Waals surface area contributed by atoms with Gasteiger partial charge in [-0.2, -0.15) is 0 Å². The molecule has 8 aromatic rings. The molecule has 0 aromatic heterocycles. The Bertz CT molecular complexity index is 2390. The molecule has 0 radical (unpaired) electrons. The van der Waals surface area contributed by atoms with Gasteiger partial charge in [-0.15, -0.1) is 0 Å². The Labute approximate surface area is 332 Å². The highest BCUT2D eigenvalue weighted by atomic mass is 79.9. The first-order valence-electron chi connectivity index (χ1n) is 18.6. The molecule has 55 heavy (non-hydrogen) atoms. The van der Waals surface area contributed by atoms with Crippen LogP contribution >= 0.6 is 15.9 Å². The summed E-state index contributed by atoms with van der Waals surface area (Å²) in [4.78, 5) is 0. The summed E-state index contributed by atoms with van der Waals surface area (Å²) in [7, 11) is 0. The summed E-state index contributed by atoms with van der Waals surface area (Å²) in [5.74, 6) is 0. The van der Waals surface area contributed by atoms with Gasteiger partial charge in [-0.3, -0.25) is 0 Å². The third-order valence-electron chi connectivity index (χ3n) is 9.80. The molecule has 8 aromatic carbocycles. The number of benzene rings is 8. The lowest BCUT2D eigenvalue weighted by atomic mass is 9.95. The average Bonchev–Trinajstić information content (AvgIpc) is 3.26. The summed E-state index contributed by atoms with van der Waals surface area (Å²) < 4.78 is 1.09. The minimum absolute atomic E-state index is 1.09. The van der Waals surface area contributed by atoms with Gasteiger partial charge in [-0.25, -0.2) is 0 Å². The van der Waals surface area contributed by atoms with E-state index in [9.17, 15) is 0 Å². The SMILES string of the molecule is Brc1ccc(/C=C\c2ccc(C=C(c3ccccc3)c3ccccc3)cc2)c2c(/C=C\c3ccc(C=C(c4ccccc4)c4ccccc4)cc3)cccc12. The molecule has 0 aliphatic rings. The van der Waals surface area contributed by atoms with Crippen LogP contribution in [0.5, 0.6) is 0 Å². The second-order valence-corrected chi connectivity index (χ2v) is 14.3. The van der Waals surface area contributed by atoms with Crippen molar-refractivity contribution in [3.05, 3.63) is 260 Å². The van der Waals surface area contributed by atoms with E-state index in [0.29, 0.717) is 0 Å². The number of halogens is 1. The minimum atomic E-state index is 1.09. The molecule has 262 valence electrons. The van der Waals surface area contributed by atoms with Crippen LogP contribution in [0.25, 0.3) is 58.4 Å². The Balaban J connectivity index is 1.05. The van der Waals surface area contributed by atoms with E-state index in [-0.39, 0.29) is 0 Å². The van der Waals surface area contributed by atoms with Crippen molar-refractivity contribution in [3.8, 4) is 0 Å². The van der Waals surface area contributed by atoms with Gasteiger partial charge in [0.1, 0.15) is 0 Å². The molecule has 0 saturated heterocycles. The van der Waals surface area contributed by atoms with Gasteiger partial charge in [0, 0.05) is 4.47 Å². The van der Waals surface area contributed by atoms with Gasteiger partial charge in [-0.1, -0.05) is 234 Å². The van der Waals surface area contributed by atoms with Crippen molar-refractivity contribution in [2.24, 2.45) is 0 Å². The Hall–Kier alpha value is -6.54. The van der Waals surface area contributed by atoms with Crippen LogP contribution in [0, 0.1) is 0 Å². The third-order valence-corrected chi connectivity index (χ3v) is 10.5. The van der Waals surface area contributed by atoms with Crippen molar-refractivity contribution in [1.29, 1.82) is 0 Å². The summed E-state index contributed by atoms with van der Waals surface area (Å²) >= 11 is 3.82. The molecule has 0 aliphatic carbocycles. The van der Waals surface area contributed by atoms with Crippen molar-refractivity contribution in [1.82, 2.24) is 0 Å². The molecule has 0 nitrogen and oxygen atoms in total. The van der Waals surface area contributed by atoms with Crippen LogP contribution in [0.4, 0.5) is 0 Å². The maximum atomic E-state index is 3.82. The van der Waals surface area contributed by atoms with Crippen molar-refractivity contribution in [2.45, 2.75) is 0 Å². The fraction of sp³-hybridized carbons (Fsp3) is 0. The molecular weight excluding hydrogens is 728 g/mol. The van der Waals surface area contributed by atoms with Gasteiger partial charge in [0.25, 0.3) is 0 Å². The highest BCUT2D eigenvalue weighted by Gasteiger charge is 2.09. The van der Waals surface area contributed by atoms with Gasteiger partial charge >= 0.3 is 0 Å². The number of hydrogen-bond donors (Lipinski definition) is 0. The van der Waals surface area contributed by atoms with Gasteiger partial charge in [0.2, 0.25) is 0 Å². The second-order valence-electron chi connectivity index (χ2n) is 13.5. The second kappa shape index (κ2) is 17.1. The summed E-state index contributed by atoms with van der Waals surface area (Å²) in [5.41, 5.74) is 14.2. The Morgan fingerprint density at radius 2 is 0.673 bits per heavy atom. The third kappa shape index (κ3) is 8.65. The Morgan fingerprint density at radius 1 is 0.309 bits per heavy atom. The minimum Gasteiger partial charge on any atom is -0.0622 e. The monoisotopic (exact) mass is 766 g/mol. The number of rotatable bonds is 10. The first-order valence-corrected chi connectivity index (χ1v) is 19.4. The predicted molar refractivity (Wildman–Crippen MR) is 242 cm³/mol. The first-order chi connectivity index (χ1) is 27.2. The van der Waals surface area contributed by atoms with Gasteiger partial charge in [0.15, 0.2) is 0 Å². The highest BCUT2D eigenvalue weighted by Crippen LogP contribution is 2.33. The van der Waals surface area contributed by atoms with Crippen LogP contribution in [0.1, 0.15) is 55.6 Å². The molecule has 0 amide bonds. The Kier molecular flexibility index (Phi) is 11.0. The maximum absolute atomic E-state index is 3.82. The molecular formula is C54H39Br. The van der Waals surface area contributed by atoms with Crippen molar-refractivity contribution < 1.29 is 0 Å². The van der Waals surface area contributed by atoms with E-state index in [4.69, 9.17) is 0 Å². The molecule has 0 spiro atoms. The summed E-state index contributed by atoms with van der Waals surface area (Å²) in [6.07, 6.45) is 13.4. The highest BCUT2D eigenvalue weighted by molar-refractivity contribution is 9.10. The molecule has 0 N–H and O–H groups in total. The lowest BCUT2D eigenvalue weighted by Crippen LogP contribution is -1.88. The van der Waals surface area contributed by atoms with E-state index in [1.165, 1.54) is 66.4 Å². The largest absolute Gasteiger partial charge is 0.0622 e. The molecule has 0 bridgehead atoms. The fourth-order valence-electron chi connectivity index (χ4n) is 6.95. The van der Waals surface area contributed by atoms with Gasteiger partial charge in [0.05, 0.1) is 0 Å². The lowest BCUT2D eigenvalue weighted by molar-refractivity contribution is 1.55. The molecule has 0 heterocycles. The zero-order chi connectivity index (χ0) is 37.2. The molecule has 0 aliphatic heterocycles. The van der Waals surface area contributed by atoms with E-state index in [0.717, 1.165) is 15.6 Å². The molecule has 0 saturated carbocycles. The molecule has 8 rings (SSSR count). The maximum Gasteiger partial charge on any atom is 0.0254 e. The zero-order valence-corrected chi connectivity index (χ0v) is 32.0. The van der Waals surface area contributed by atoms with E-state index in [2.05, 4.69) is 253 Å². The van der Waals surface area contributed by atoms with Crippen molar-refractivity contribution in [2.75, 3.05) is 0 Å². The predicted octanol–water partition coefficient (Wildman–Crippen LogP) is 15.1. The molecule has 0 unspecified atom stereocenters. The van der Waals surface area contributed by atoms with Crippen LogP contribution in [-0.2, 0) is 0 Å². The normalized spacial score (nSPS) is 11.2. The average molecular weight is 768 g/mol. The van der Waals surface area contributed by atoms with Gasteiger partial charge in [-0.05, 0) is 95.8 Å². The lowest BCUT2D eigenvalue weighted by Gasteiger charge is -2.10. The topological polar surface area (TPSA) is 0 Å². The van der Waals surface area contributed by atoms with Crippen LogP contribution in [0.2, 0.25) is 0 Å². The standard InChI is InChI=1S/C54H39Br/c55-53-37-36-49(35-33-41-26-30-43(31-27-41)39-52(46-18-9-3-10-19-46)47-20-11-4-12-21-47)54-48(22-13-23-50(53)54)34-32-40-24-28-42(29-25-40)38-51(44-14-5-1-6-15-44)45-16-7-2-8-17-45/h1-39H/b34-32-,35-33-. The van der Waals surface area contributed by atoms with Crippen LogP contribution in [0.3, 0.4) is 0 Å². The van der Waals surface area contributed by atoms with Crippen LogP contribution in [0.15, 0.2) is 205 Å². The summed E-state index contributed by atoms with van der Waals surface area (Å²) in [5, 5.41) is 2.41.